The van der Waals surface area contributed by atoms with E-state index < -0.39 is 17.9 Å². The summed E-state index contributed by atoms with van der Waals surface area (Å²) < 4.78 is 5.16. The summed E-state index contributed by atoms with van der Waals surface area (Å²) in [5.74, 6) is -1.24. The fourth-order valence-electron chi connectivity index (χ4n) is 2.82. The van der Waals surface area contributed by atoms with Crippen LogP contribution in [0.1, 0.15) is 46.0 Å². The van der Waals surface area contributed by atoms with Crippen LogP contribution in [0, 0.1) is 5.92 Å². The molecule has 0 aromatic rings. The number of rotatable bonds is 7. The quantitative estimate of drug-likeness (QED) is 0.546. The molecule has 0 radical (unpaired) electrons. The maximum atomic E-state index is 12.7. The van der Waals surface area contributed by atoms with Gasteiger partial charge in [0.1, 0.15) is 6.10 Å². The van der Waals surface area contributed by atoms with Crippen LogP contribution in [-0.4, -0.2) is 47.7 Å². The molecule has 1 rings (SSSR count). The highest BCUT2D eigenvalue weighted by Gasteiger charge is 2.38. The highest BCUT2D eigenvalue weighted by molar-refractivity contribution is 5.89. The van der Waals surface area contributed by atoms with Crippen LogP contribution in [0.5, 0.6) is 0 Å². The molecule has 0 unspecified atom stereocenters. The summed E-state index contributed by atoms with van der Waals surface area (Å²) in [7, 11) is 1.39. The first-order valence-corrected chi connectivity index (χ1v) is 7.34. The van der Waals surface area contributed by atoms with Gasteiger partial charge in [-0.3, -0.25) is 14.8 Å². The zero-order chi connectivity index (χ0) is 15.1. The fraction of sp³-hybridized carbons (Fsp3) is 0.857. The summed E-state index contributed by atoms with van der Waals surface area (Å²) >= 11 is 0. The number of hydrogen-bond donors (Lipinski definition) is 2. The van der Waals surface area contributed by atoms with Gasteiger partial charge < -0.3 is 9.64 Å². The summed E-state index contributed by atoms with van der Waals surface area (Å²) in [6.07, 6.45) is 3.43. The van der Waals surface area contributed by atoms with Crippen LogP contribution in [0.15, 0.2) is 0 Å². The fourth-order valence-corrected chi connectivity index (χ4v) is 2.82. The SMILES string of the molecule is CCCC[C@@H](C(=O)N1CCC[C@H]1C)[C@H](OC)C(=O)NO. The molecule has 0 aromatic carbocycles. The lowest BCUT2D eigenvalue weighted by atomic mass is 9.93. The zero-order valence-electron chi connectivity index (χ0n) is 12.6. The summed E-state index contributed by atoms with van der Waals surface area (Å²) in [6, 6.07) is 0.210. The zero-order valence-corrected chi connectivity index (χ0v) is 12.6. The highest BCUT2D eigenvalue weighted by Crippen LogP contribution is 2.24. The van der Waals surface area contributed by atoms with Crippen LogP contribution in [0.25, 0.3) is 0 Å². The molecule has 1 aliphatic rings. The van der Waals surface area contributed by atoms with Gasteiger partial charge in [-0.05, 0) is 26.2 Å². The number of methoxy groups -OCH3 is 1. The molecule has 1 heterocycles. The monoisotopic (exact) mass is 286 g/mol. The first-order valence-electron chi connectivity index (χ1n) is 7.34. The van der Waals surface area contributed by atoms with E-state index in [-0.39, 0.29) is 11.9 Å². The molecule has 0 aliphatic carbocycles. The van der Waals surface area contributed by atoms with Crippen LogP contribution in [0.2, 0.25) is 0 Å². The number of hydrogen-bond acceptors (Lipinski definition) is 4. The maximum Gasteiger partial charge on any atom is 0.273 e. The first kappa shape index (κ1) is 16.9. The van der Waals surface area contributed by atoms with E-state index >= 15 is 0 Å². The normalized spacial score (nSPS) is 21.6. The van der Waals surface area contributed by atoms with Crippen LogP contribution in [0.3, 0.4) is 0 Å². The molecule has 1 saturated heterocycles. The Morgan fingerprint density at radius 1 is 1.50 bits per heavy atom. The van der Waals surface area contributed by atoms with E-state index in [1.165, 1.54) is 7.11 Å². The van der Waals surface area contributed by atoms with Crippen molar-refractivity contribution in [3.05, 3.63) is 0 Å². The Hall–Kier alpha value is -1.14. The van der Waals surface area contributed by atoms with Gasteiger partial charge in [-0.1, -0.05) is 19.8 Å². The highest BCUT2D eigenvalue weighted by atomic mass is 16.5. The van der Waals surface area contributed by atoms with Crippen LogP contribution in [0.4, 0.5) is 0 Å². The minimum Gasteiger partial charge on any atom is -0.371 e. The van der Waals surface area contributed by atoms with E-state index in [0.717, 1.165) is 32.2 Å². The predicted molar refractivity (Wildman–Crippen MR) is 74.2 cm³/mol. The molecule has 2 amide bonds. The number of nitrogens with zero attached hydrogens (tertiary/aromatic N) is 1. The van der Waals surface area contributed by atoms with Crippen molar-refractivity contribution >= 4 is 11.8 Å². The van der Waals surface area contributed by atoms with Gasteiger partial charge in [0.2, 0.25) is 5.91 Å². The lowest BCUT2D eigenvalue weighted by molar-refractivity contribution is -0.153. The van der Waals surface area contributed by atoms with E-state index in [1.807, 2.05) is 18.7 Å². The molecule has 6 heteroatoms. The van der Waals surface area contributed by atoms with Crippen molar-refractivity contribution in [3.8, 4) is 0 Å². The van der Waals surface area contributed by atoms with E-state index in [2.05, 4.69) is 0 Å². The molecule has 3 atom stereocenters. The third kappa shape index (κ3) is 3.93. The van der Waals surface area contributed by atoms with Gasteiger partial charge in [0, 0.05) is 19.7 Å². The number of ether oxygens (including phenoxy) is 1. The van der Waals surface area contributed by atoms with Gasteiger partial charge in [-0.2, -0.15) is 0 Å². The molecule has 0 spiro atoms. The predicted octanol–water partition coefficient (Wildman–Crippen LogP) is 1.32. The van der Waals surface area contributed by atoms with Crippen molar-refractivity contribution < 1.29 is 19.5 Å². The Morgan fingerprint density at radius 3 is 2.65 bits per heavy atom. The number of nitrogens with one attached hydrogen (secondary N) is 1. The standard InChI is InChI=1S/C14H26N2O4/c1-4-5-8-11(12(20-3)13(17)15-19)14(18)16-9-6-7-10(16)2/h10-12,19H,4-9H2,1-3H3,(H,15,17)/t10-,11-,12+/m1/s1. The van der Waals surface area contributed by atoms with Crippen molar-refractivity contribution in [2.24, 2.45) is 5.92 Å². The lowest BCUT2D eigenvalue weighted by Crippen LogP contribution is -2.48. The molecule has 0 saturated carbocycles. The first-order chi connectivity index (χ1) is 9.56. The molecule has 2 N–H and O–H groups in total. The summed E-state index contributed by atoms with van der Waals surface area (Å²) in [4.78, 5) is 26.2. The Bertz CT molecular complexity index is 335. The second-order valence-corrected chi connectivity index (χ2v) is 5.40. The second kappa shape index (κ2) is 8.21. The smallest absolute Gasteiger partial charge is 0.273 e. The molecule has 0 bridgehead atoms. The Labute approximate surface area is 120 Å². The van der Waals surface area contributed by atoms with E-state index in [0.29, 0.717) is 6.42 Å². The third-order valence-electron chi connectivity index (χ3n) is 4.01. The Morgan fingerprint density at radius 2 is 2.20 bits per heavy atom. The molecule has 0 aromatic heterocycles. The van der Waals surface area contributed by atoms with Crippen molar-refractivity contribution in [3.63, 3.8) is 0 Å². The molecule has 1 fully saturated rings. The van der Waals surface area contributed by atoms with Crippen LogP contribution >= 0.6 is 0 Å². The number of likely N-dealkylation sites (tertiary alicyclic amines) is 1. The van der Waals surface area contributed by atoms with Crippen LogP contribution < -0.4 is 5.48 Å². The van der Waals surface area contributed by atoms with Gasteiger partial charge in [-0.15, -0.1) is 0 Å². The number of hydroxylamine groups is 1. The number of carbonyl (C=O) groups excluding carboxylic acids is 2. The van der Waals surface area contributed by atoms with Gasteiger partial charge >= 0.3 is 0 Å². The van der Waals surface area contributed by atoms with Gasteiger partial charge in [0.15, 0.2) is 0 Å². The summed E-state index contributed by atoms with van der Waals surface area (Å²) in [5, 5.41) is 8.81. The molecular weight excluding hydrogens is 260 g/mol. The minimum atomic E-state index is -0.938. The van der Waals surface area contributed by atoms with E-state index in [1.54, 1.807) is 5.48 Å². The van der Waals surface area contributed by atoms with Crippen molar-refractivity contribution in [1.82, 2.24) is 10.4 Å². The van der Waals surface area contributed by atoms with Crippen LogP contribution in [-0.2, 0) is 14.3 Å². The largest absolute Gasteiger partial charge is 0.371 e. The van der Waals surface area contributed by atoms with Crippen molar-refractivity contribution in [2.75, 3.05) is 13.7 Å². The summed E-state index contributed by atoms with van der Waals surface area (Å²) in [5.41, 5.74) is 1.59. The van der Waals surface area contributed by atoms with Crippen molar-refractivity contribution in [1.29, 1.82) is 0 Å². The van der Waals surface area contributed by atoms with Gasteiger partial charge in [0.05, 0.1) is 5.92 Å². The third-order valence-corrected chi connectivity index (χ3v) is 4.01. The van der Waals surface area contributed by atoms with Gasteiger partial charge in [-0.25, -0.2) is 5.48 Å². The van der Waals surface area contributed by atoms with E-state index in [4.69, 9.17) is 9.94 Å². The molecular formula is C14H26N2O4. The molecule has 1 aliphatic heterocycles. The Kier molecular flexibility index (Phi) is 6.95. The average Bonchev–Trinajstić information content (AvgIpc) is 2.88. The van der Waals surface area contributed by atoms with Crippen molar-refractivity contribution in [2.45, 2.75) is 58.1 Å². The average molecular weight is 286 g/mol. The number of unbranched alkanes of at least 4 members (excludes halogenated alkanes) is 1. The Balaban J connectivity index is 2.86. The minimum absolute atomic E-state index is 0.0427. The number of amides is 2. The van der Waals surface area contributed by atoms with E-state index in [9.17, 15) is 9.59 Å². The molecule has 116 valence electrons. The molecule has 20 heavy (non-hydrogen) atoms. The lowest BCUT2D eigenvalue weighted by Gasteiger charge is -2.30. The second-order valence-electron chi connectivity index (χ2n) is 5.40. The maximum absolute atomic E-state index is 12.7. The topological polar surface area (TPSA) is 78.9 Å². The van der Waals surface area contributed by atoms with Gasteiger partial charge in [0.25, 0.3) is 5.91 Å². The molecule has 6 nitrogen and oxygen atoms in total. The summed E-state index contributed by atoms with van der Waals surface area (Å²) in [6.45, 7) is 4.80. The number of carbonyl (C=O) groups is 2.